The molecular formula is C19H24N2O4. The molecule has 2 aromatic rings. The number of carbonyl (C=O) groups is 2. The van der Waals surface area contributed by atoms with Gasteiger partial charge in [-0.3, -0.25) is 4.79 Å². The van der Waals surface area contributed by atoms with E-state index in [9.17, 15) is 14.7 Å². The molecule has 0 aliphatic carbocycles. The smallest absolute Gasteiger partial charge is 0.326 e. The summed E-state index contributed by atoms with van der Waals surface area (Å²) < 4.78 is 6.96. The number of carbonyl (C=O) groups excluding carboxylic acids is 1. The molecule has 0 bridgehead atoms. The molecule has 1 amide bonds. The average molecular weight is 344 g/mol. The van der Waals surface area contributed by atoms with Gasteiger partial charge in [-0.05, 0) is 25.5 Å². The van der Waals surface area contributed by atoms with E-state index in [2.05, 4.69) is 9.88 Å². The highest BCUT2D eigenvalue weighted by Gasteiger charge is 2.23. The van der Waals surface area contributed by atoms with Gasteiger partial charge in [-0.1, -0.05) is 30.3 Å². The number of nitrogens with one attached hydrogen (secondary N) is 1. The molecule has 0 fully saturated rings. The second-order valence-electron chi connectivity index (χ2n) is 6.00. The highest BCUT2D eigenvalue weighted by Crippen LogP contribution is 2.17. The van der Waals surface area contributed by atoms with E-state index in [1.807, 2.05) is 44.2 Å². The van der Waals surface area contributed by atoms with Crippen molar-refractivity contribution in [2.24, 2.45) is 0 Å². The monoisotopic (exact) mass is 344 g/mol. The van der Waals surface area contributed by atoms with Crippen molar-refractivity contribution < 1.29 is 19.4 Å². The Morgan fingerprint density at radius 1 is 1.24 bits per heavy atom. The van der Waals surface area contributed by atoms with Crippen molar-refractivity contribution in [3.8, 4) is 0 Å². The van der Waals surface area contributed by atoms with Crippen molar-refractivity contribution in [2.75, 3.05) is 13.7 Å². The molecule has 0 aliphatic heterocycles. The van der Waals surface area contributed by atoms with Gasteiger partial charge in [0.25, 0.3) is 5.91 Å². The maximum Gasteiger partial charge on any atom is 0.326 e. The first-order chi connectivity index (χ1) is 11.9. The highest BCUT2D eigenvalue weighted by molar-refractivity contribution is 5.97. The molecule has 0 saturated carbocycles. The summed E-state index contributed by atoms with van der Waals surface area (Å²) in [5.41, 5.74) is 3.40. The van der Waals surface area contributed by atoms with Gasteiger partial charge in [0, 0.05) is 38.1 Å². The zero-order valence-corrected chi connectivity index (χ0v) is 14.8. The number of benzene rings is 1. The van der Waals surface area contributed by atoms with E-state index in [0.717, 1.165) is 17.0 Å². The topological polar surface area (TPSA) is 80.6 Å². The van der Waals surface area contributed by atoms with E-state index < -0.39 is 12.0 Å². The van der Waals surface area contributed by atoms with Crippen molar-refractivity contribution >= 4 is 11.9 Å². The lowest BCUT2D eigenvalue weighted by Crippen LogP contribution is -2.41. The third-order valence-corrected chi connectivity index (χ3v) is 4.22. The van der Waals surface area contributed by atoms with Gasteiger partial charge in [0.1, 0.15) is 6.04 Å². The molecule has 1 aromatic heterocycles. The van der Waals surface area contributed by atoms with E-state index in [0.29, 0.717) is 12.1 Å². The summed E-state index contributed by atoms with van der Waals surface area (Å²) >= 11 is 0. The molecule has 1 aromatic carbocycles. The van der Waals surface area contributed by atoms with Gasteiger partial charge in [0.15, 0.2) is 0 Å². The number of ether oxygens (including phenoxy) is 1. The van der Waals surface area contributed by atoms with Gasteiger partial charge in [-0.25, -0.2) is 4.79 Å². The first kappa shape index (κ1) is 18.7. The third kappa shape index (κ3) is 4.70. The minimum Gasteiger partial charge on any atom is -0.480 e. The van der Waals surface area contributed by atoms with Crippen LogP contribution < -0.4 is 5.32 Å². The Bertz CT molecular complexity index is 737. The maximum atomic E-state index is 12.5. The predicted octanol–water partition coefficient (Wildman–Crippen LogP) is 2.37. The van der Waals surface area contributed by atoms with E-state index in [4.69, 9.17) is 4.74 Å². The number of carboxylic acid groups (broad SMARTS) is 1. The number of methoxy groups -OCH3 is 1. The molecule has 1 heterocycles. The second kappa shape index (κ2) is 8.48. The zero-order chi connectivity index (χ0) is 18.4. The number of carboxylic acids is 1. The molecule has 0 radical (unpaired) electrons. The number of aryl methyl sites for hydroxylation is 1. The quantitative estimate of drug-likeness (QED) is 0.770. The molecule has 134 valence electrons. The average Bonchev–Trinajstić information content (AvgIpc) is 2.87. The summed E-state index contributed by atoms with van der Waals surface area (Å²) in [6, 6.07) is 10.8. The van der Waals surface area contributed by atoms with Crippen molar-refractivity contribution in [2.45, 2.75) is 32.9 Å². The van der Waals surface area contributed by atoms with Crippen LogP contribution in [0.2, 0.25) is 0 Å². The molecule has 2 rings (SSSR count). The first-order valence-corrected chi connectivity index (χ1v) is 8.17. The van der Waals surface area contributed by atoms with Crippen molar-refractivity contribution in [3.05, 3.63) is 58.9 Å². The fourth-order valence-electron chi connectivity index (χ4n) is 2.77. The SMILES string of the molecule is COCCC(NC(=O)c1cc(C)n(Cc2ccccc2)c1C)C(=O)O. The Hall–Kier alpha value is -2.60. The summed E-state index contributed by atoms with van der Waals surface area (Å²) in [6.07, 6.45) is 0.223. The van der Waals surface area contributed by atoms with Gasteiger partial charge in [-0.15, -0.1) is 0 Å². The fourth-order valence-corrected chi connectivity index (χ4v) is 2.77. The van der Waals surface area contributed by atoms with Gasteiger partial charge in [-0.2, -0.15) is 0 Å². The number of hydrogen-bond acceptors (Lipinski definition) is 3. The largest absolute Gasteiger partial charge is 0.480 e. The lowest BCUT2D eigenvalue weighted by molar-refractivity contribution is -0.139. The van der Waals surface area contributed by atoms with E-state index in [1.165, 1.54) is 7.11 Å². The van der Waals surface area contributed by atoms with E-state index >= 15 is 0 Å². The van der Waals surface area contributed by atoms with Gasteiger partial charge < -0.3 is 19.7 Å². The lowest BCUT2D eigenvalue weighted by Gasteiger charge is -2.14. The van der Waals surface area contributed by atoms with Crippen LogP contribution in [0.25, 0.3) is 0 Å². The minimum absolute atomic E-state index is 0.223. The van der Waals surface area contributed by atoms with Crippen molar-refractivity contribution in [3.63, 3.8) is 0 Å². The van der Waals surface area contributed by atoms with Crippen LogP contribution in [0.3, 0.4) is 0 Å². The number of nitrogens with zero attached hydrogens (tertiary/aromatic N) is 1. The van der Waals surface area contributed by atoms with Gasteiger partial charge in [0.2, 0.25) is 0 Å². The number of hydrogen-bond donors (Lipinski definition) is 2. The molecule has 1 unspecified atom stereocenters. The molecule has 0 spiro atoms. The molecular weight excluding hydrogens is 320 g/mol. The Labute approximate surface area is 147 Å². The van der Waals surface area contributed by atoms with E-state index in [1.54, 1.807) is 6.07 Å². The molecule has 0 aliphatic rings. The Balaban J connectivity index is 2.17. The number of aromatic nitrogens is 1. The summed E-state index contributed by atoms with van der Waals surface area (Å²) in [5, 5.41) is 11.8. The number of amides is 1. The molecule has 0 saturated heterocycles. The molecule has 2 N–H and O–H groups in total. The normalized spacial score (nSPS) is 12.0. The third-order valence-electron chi connectivity index (χ3n) is 4.22. The summed E-state index contributed by atoms with van der Waals surface area (Å²) in [7, 11) is 1.50. The zero-order valence-electron chi connectivity index (χ0n) is 14.8. The van der Waals surface area contributed by atoms with Crippen LogP contribution in [-0.4, -0.2) is 41.3 Å². The highest BCUT2D eigenvalue weighted by atomic mass is 16.5. The second-order valence-corrected chi connectivity index (χ2v) is 6.00. The molecule has 6 nitrogen and oxygen atoms in total. The van der Waals surface area contributed by atoms with Crippen molar-refractivity contribution in [1.29, 1.82) is 0 Å². The van der Waals surface area contributed by atoms with Crippen LogP contribution in [0, 0.1) is 13.8 Å². The van der Waals surface area contributed by atoms with Crippen LogP contribution >= 0.6 is 0 Å². The van der Waals surface area contributed by atoms with Crippen LogP contribution in [-0.2, 0) is 16.1 Å². The summed E-state index contributed by atoms with van der Waals surface area (Å²) in [5.74, 6) is -1.44. The van der Waals surface area contributed by atoms with Gasteiger partial charge in [0.05, 0.1) is 5.56 Å². The van der Waals surface area contributed by atoms with E-state index in [-0.39, 0.29) is 18.9 Å². The van der Waals surface area contributed by atoms with Crippen LogP contribution in [0.15, 0.2) is 36.4 Å². The fraction of sp³-hybridized carbons (Fsp3) is 0.368. The molecule has 1 atom stereocenters. The van der Waals surface area contributed by atoms with Crippen LogP contribution in [0.1, 0.15) is 33.7 Å². The summed E-state index contributed by atoms with van der Waals surface area (Å²) in [6.45, 7) is 4.74. The molecule has 25 heavy (non-hydrogen) atoms. The lowest BCUT2D eigenvalue weighted by atomic mass is 10.1. The molecule has 6 heteroatoms. The minimum atomic E-state index is -1.07. The Morgan fingerprint density at radius 3 is 2.52 bits per heavy atom. The van der Waals surface area contributed by atoms with Gasteiger partial charge >= 0.3 is 5.97 Å². The van der Waals surface area contributed by atoms with Crippen molar-refractivity contribution in [1.82, 2.24) is 9.88 Å². The Morgan fingerprint density at radius 2 is 1.92 bits per heavy atom. The van der Waals surface area contributed by atoms with Crippen LogP contribution in [0.4, 0.5) is 0 Å². The predicted molar refractivity (Wildman–Crippen MR) is 94.8 cm³/mol. The maximum absolute atomic E-state index is 12.5. The Kier molecular flexibility index (Phi) is 6.36. The van der Waals surface area contributed by atoms with Crippen LogP contribution in [0.5, 0.6) is 0 Å². The standard InChI is InChI=1S/C19H24N2O4/c1-13-11-16(18(22)20-17(19(23)24)9-10-25-3)14(2)21(13)12-15-7-5-4-6-8-15/h4-8,11,17H,9-10,12H2,1-3H3,(H,20,22)(H,23,24). The first-order valence-electron chi connectivity index (χ1n) is 8.17. The summed E-state index contributed by atoms with van der Waals surface area (Å²) in [4.78, 5) is 23.8. The number of aliphatic carboxylic acids is 1. The number of rotatable bonds is 8.